The SMILES string of the molecule is CC.CC(C)OC(=O)NC(C(=O)N1CC[C@H](CC(C)(C)O)C1C(=O)NC(CCCF)C(=O)C(=O)NCC(=O)NC(C(=O)N(C)C)c1ccccc1)C1CCCCC1.CF. The van der Waals surface area contributed by atoms with Crippen molar-refractivity contribution >= 4 is 41.4 Å². The number of carbonyl (C=O) groups excluding carboxylic acids is 7. The molecule has 15 nitrogen and oxygen atoms in total. The van der Waals surface area contributed by atoms with Gasteiger partial charge in [-0.3, -0.25) is 37.5 Å². The summed E-state index contributed by atoms with van der Waals surface area (Å²) in [5, 5.41) is 20.9. The first-order valence-electron chi connectivity index (χ1n) is 20.5. The number of ketones is 1. The molecule has 0 spiro atoms. The highest BCUT2D eigenvalue weighted by Crippen LogP contribution is 2.34. The second-order valence-corrected chi connectivity index (χ2v) is 15.6. The molecule has 0 bridgehead atoms. The molecule has 1 aromatic rings. The van der Waals surface area contributed by atoms with Crippen molar-refractivity contribution in [2.75, 3.05) is 41.0 Å². The van der Waals surface area contributed by atoms with Crippen LogP contribution < -0.4 is 21.3 Å². The summed E-state index contributed by atoms with van der Waals surface area (Å²) in [6.07, 6.45) is 2.91. The number of halogens is 2. The van der Waals surface area contributed by atoms with Crippen LogP contribution >= 0.6 is 0 Å². The van der Waals surface area contributed by atoms with E-state index in [1.165, 1.54) is 23.9 Å². The number of likely N-dealkylation sites (tertiary alicyclic amines) is 1. The highest BCUT2D eigenvalue weighted by molar-refractivity contribution is 6.38. The molecule has 17 heteroatoms. The van der Waals surface area contributed by atoms with Crippen LogP contribution in [0, 0.1) is 11.8 Å². The summed E-state index contributed by atoms with van der Waals surface area (Å²) in [6, 6.07) is 3.73. The number of alkyl carbamates (subject to hydrolysis) is 1. The largest absolute Gasteiger partial charge is 0.447 e. The van der Waals surface area contributed by atoms with E-state index in [4.69, 9.17) is 4.74 Å². The Morgan fingerprint density at radius 3 is 2.08 bits per heavy atom. The molecule has 2 fully saturated rings. The standard InChI is InChI=1S/C39H59FN6O9.C2H6.CH3F/c1-24(2)55-38(53)44-31(26-16-11-8-12-17-26)37(52)46-21-19-27(22-39(3,4)54)32(46)34(49)42-28(18-13-20-40)33(48)35(50)41-23-29(47)43-30(36(51)45(5)6)25-14-9-7-10-15-25;2*1-2/h7,9-10,14-15,24,26-28,30-32,54H,8,11-13,16-23H2,1-6H3,(H,41,50)(H,42,49)(H,43,47)(H,44,53);1-2H3;1H3/t27-,28?,30?,31?,32?;;/m1../s1. The van der Waals surface area contributed by atoms with Gasteiger partial charge in [0.05, 0.1) is 38.1 Å². The number of aliphatic hydroxyl groups is 1. The number of carbonyl (C=O) groups is 7. The third-order valence-corrected chi connectivity index (χ3v) is 9.86. The number of nitrogens with zero attached hydrogens (tertiary/aromatic N) is 2. The number of nitrogens with one attached hydrogen (secondary N) is 4. The number of rotatable bonds is 18. The average molecular weight is 839 g/mol. The monoisotopic (exact) mass is 839 g/mol. The minimum Gasteiger partial charge on any atom is -0.447 e. The average Bonchev–Trinajstić information content (AvgIpc) is 3.62. The highest BCUT2D eigenvalue weighted by Gasteiger charge is 2.47. The van der Waals surface area contributed by atoms with E-state index in [1.54, 1.807) is 58.0 Å². The molecule has 0 aromatic heterocycles. The van der Waals surface area contributed by atoms with Gasteiger partial charge in [0.2, 0.25) is 29.4 Å². The van der Waals surface area contributed by atoms with Gasteiger partial charge in [-0.15, -0.1) is 0 Å². The van der Waals surface area contributed by atoms with Crippen LogP contribution in [0.2, 0.25) is 0 Å². The molecule has 1 saturated heterocycles. The molecular formula is C42H68F2N6O9. The topological polar surface area (TPSA) is 204 Å². The summed E-state index contributed by atoms with van der Waals surface area (Å²) < 4.78 is 28.2. The van der Waals surface area contributed by atoms with Gasteiger partial charge in [0.15, 0.2) is 0 Å². The van der Waals surface area contributed by atoms with E-state index in [2.05, 4.69) is 21.3 Å². The van der Waals surface area contributed by atoms with Crippen LogP contribution in [0.3, 0.4) is 0 Å². The lowest BCUT2D eigenvalue weighted by Gasteiger charge is -2.36. The number of amides is 6. The number of alkyl halides is 2. The van der Waals surface area contributed by atoms with Crippen molar-refractivity contribution in [1.82, 2.24) is 31.1 Å². The highest BCUT2D eigenvalue weighted by atomic mass is 19.1. The Balaban J connectivity index is 0.00000421. The molecule has 59 heavy (non-hydrogen) atoms. The van der Waals surface area contributed by atoms with Gasteiger partial charge in [-0.1, -0.05) is 63.4 Å². The van der Waals surface area contributed by atoms with Crippen LogP contribution in [-0.2, 0) is 33.5 Å². The summed E-state index contributed by atoms with van der Waals surface area (Å²) in [6.45, 7) is 9.13. The maximum Gasteiger partial charge on any atom is 0.408 e. The van der Waals surface area contributed by atoms with Crippen molar-refractivity contribution in [3.05, 3.63) is 35.9 Å². The predicted octanol–water partition coefficient (Wildman–Crippen LogP) is 3.93. The number of ether oxygens (including phenoxy) is 1. The van der Waals surface area contributed by atoms with E-state index >= 15 is 0 Å². The zero-order valence-corrected chi connectivity index (χ0v) is 36.3. The zero-order chi connectivity index (χ0) is 44.9. The predicted molar refractivity (Wildman–Crippen MR) is 219 cm³/mol. The normalized spacial score (nSPS) is 18.0. The van der Waals surface area contributed by atoms with Crippen LogP contribution in [0.5, 0.6) is 0 Å². The van der Waals surface area contributed by atoms with Crippen molar-refractivity contribution in [3.8, 4) is 0 Å². The van der Waals surface area contributed by atoms with Crippen LogP contribution in [0.25, 0.3) is 0 Å². The Bertz CT molecular complexity index is 1500. The van der Waals surface area contributed by atoms with Crippen molar-refractivity contribution < 1.29 is 52.2 Å². The van der Waals surface area contributed by atoms with Crippen LogP contribution in [0.4, 0.5) is 13.6 Å². The molecule has 2 aliphatic rings. The minimum atomic E-state index is -1.51. The van der Waals surface area contributed by atoms with E-state index in [0.29, 0.717) is 32.0 Å². The molecule has 1 aliphatic heterocycles. The maximum absolute atomic E-state index is 14.4. The minimum absolute atomic E-state index is 0.116. The first-order valence-corrected chi connectivity index (χ1v) is 20.5. The lowest BCUT2D eigenvalue weighted by molar-refractivity contribution is -0.144. The number of hydrogen-bond donors (Lipinski definition) is 5. The molecule has 1 aliphatic carbocycles. The van der Waals surface area contributed by atoms with Gasteiger partial charge in [-0.2, -0.15) is 0 Å². The quantitative estimate of drug-likeness (QED) is 0.136. The third kappa shape index (κ3) is 17.2. The fourth-order valence-corrected chi connectivity index (χ4v) is 7.33. The van der Waals surface area contributed by atoms with Gasteiger partial charge in [0, 0.05) is 20.6 Å². The molecule has 3 rings (SSSR count). The first kappa shape index (κ1) is 52.3. The molecule has 1 aromatic carbocycles. The van der Waals surface area contributed by atoms with Gasteiger partial charge in [-0.25, -0.2) is 4.79 Å². The van der Waals surface area contributed by atoms with Crippen molar-refractivity contribution in [2.24, 2.45) is 11.8 Å². The summed E-state index contributed by atoms with van der Waals surface area (Å²) in [4.78, 5) is 96.3. The fourth-order valence-electron chi connectivity index (χ4n) is 7.33. The van der Waals surface area contributed by atoms with E-state index in [1.807, 2.05) is 13.8 Å². The molecule has 6 amide bonds. The Kier molecular flexibility index (Phi) is 23.5. The van der Waals surface area contributed by atoms with E-state index in [-0.39, 0.29) is 31.7 Å². The van der Waals surface area contributed by atoms with Gasteiger partial charge in [0.25, 0.3) is 5.91 Å². The van der Waals surface area contributed by atoms with Crippen molar-refractivity contribution in [3.63, 3.8) is 0 Å². The molecule has 4 unspecified atom stereocenters. The van der Waals surface area contributed by atoms with E-state index in [0.717, 1.165) is 19.3 Å². The smallest absolute Gasteiger partial charge is 0.408 e. The Hall–Kier alpha value is -4.67. The van der Waals surface area contributed by atoms with E-state index < -0.39 is 96.4 Å². The second kappa shape index (κ2) is 26.4. The summed E-state index contributed by atoms with van der Waals surface area (Å²) in [5.74, 6) is -5.57. The van der Waals surface area contributed by atoms with Crippen molar-refractivity contribution in [1.29, 1.82) is 0 Å². The lowest BCUT2D eigenvalue weighted by atomic mass is 9.83. The van der Waals surface area contributed by atoms with E-state index in [9.17, 15) is 47.4 Å². The maximum atomic E-state index is 14.4. The van der Waals surface area contributed by atoms with Crippen LogP contribution in [0.1, 0.15) is 111 Å². The zero-order valence-electron chi connectivity index (χ0n) is 36.3. The Morgan fingerprint density at radius 2 is 1.54 bits per heavy atom. The van der Waals surface area contributed by atoms with Gasteiger partial charge >= 0.3 is 6.09 Å². The fraction of sp³-hybridized carbons (Fsp3) is 0.690. The molecule has 5 N–H and O–H groups in total. The summed E-state index contributed by atoms with van der Waals surface area (Å²) >= 11 is 0. The molecule has 5 atom stereocenters. The lowest BCUT2D eigenvalue weighted by Crippen LogP contribution is -2.59. The molecular weight excluding hydrogens is 770 g/mol. The van der Waals surface area contributed by atoms with Crippen LogP contribution in [-0.4, -0.2) is 127 Å². The molecule has 1 heterocycles. The molecule has 334 valence electrons. The second-order valence-electron chi connectivity index (χ2n) is 15.6. The Labute approximate surface area is 348 Å². The first-order chi connectivity index (χ1) is 27.9. The number of likely N-dealkylation sites (N-methyl/N-ethyl adjacent to an activating group) is 1. The van der Waals surface area contributed by atoms with Crippen LogP contribution in [0.15, 0.2) is 30.3 Å². The van der Waals surface area contributed by atoms with Crippen molar-refractivity contribution in [2.45, 2.75) is 135 Å². The molecule has 0 radical (unpaired) electrons. The number of hydrogen-bond acceptors (Lipinski definition) is 9. The van der Waals surface area contributed by atoms with Gasteiger partial charge in [0.1, 0.15) is 18.1 Å². The number of benzene rings is 1. The summed E-state index contributed by atoms with van der Waals surface area (Å²) in [7, 11) is 3.56. The number of Topliss-reactive ketones (excluding diaryl/α,β-unsaturated/α-hetero) is 1. The van der Waals surface area contributed by atoms with Gasteiger partial charge < -0.3 is 40.9 Å². The molecule has 1 saturated carbocycles. The Morgan fingerprint density at radius 1 is 0.932 bits per heavy atom. The summed E-state index contributed by atoms with van der Waals surface area (Å²) in [5.41, 5.74) is -0.727. The third-order valence-electron chi connectivity index (χ3n) is 9.86. The van der Waals surface area contributed by atoms with Gasteiger partial charge in [-0.05, 0) is 83.6 Å².